The molecule has 2 N–H and O–H groups in total. The number of aliphatic hydroxyl groups is 1. The van der Waals surface area contributed by atoms with Crippen molar-refractivity contribution in [2.45, 2.75) is 49.0 Å². The highest BCUT2D eigenvalue weighted by atomic mass is 35.5. The average Bonchev–Trinajstić information content (AvgIpc) is 3.12. The smallest absolute Gasteiger partial charge is 0.272 e. The van der Waals surface area contributed by atoms with Gasteiger partial charge in [-0.25, -0.2) is 27.8 Å². The number of fused-ring (bicyclic) bond motifs is 1. The number of ether oxygens (including phenoxy) is 1. The summed E-state index contributed by atoms with van der Waals surface area (Å²) in [6.45, 7) is 1.47. The Labute approximate surface area is 214 Å². The van der Waals surface area contributed by atoms with Crippen LogP contribution in [0.15, 0.2) is 24.5 Å². The number of hydrogen-bond acceptors (Lipinski definition) is 7. The number of anilines is 2. The van der Waals surface area contributed by atoms with Crippen molar-refractivity contribution in [3.05, 3.63) is 40.3 Å². The van der Waals surface area contributed by atoms with E-state index in [-0.39, 0.29) is 36.7 Å². The third-order valence-electron chi connectivity index (χ3n) is 7.23. The van der Waals surface area contributed by atoms with Gasteiger partial charge in [-0.05, 0) is 30.7 Å². The summed E-state index contributed by atoms with van der Waals surface area (Å²) in [6.07, 6.45) is 1.38. The highest BCUT2D eigenvalue weighted by molar-refractivity contribution is 6.32. The maximum absolute atomic E-state index is 15.3. The van der Waals surface area contributed by atoms with Gasteiger partial charge in [-0.3, -0.25) is 4.90 Å². The minimum atomic E-state index is -2.81. The van der Waals surface area contributed by atoms with Gasteiger partial charge < -0.3 is 15.2 Å². The Hall–Kier alpha value is -2.18. The lowest BCUT2D eigenvalue weighted by Crippen LogP contribution is -2.50. The number of nitrogens with zero attached hydrogens (tertiary/aromatic N) is 5. The zero-order valence-electron chi connectivity index (χ0n) is 18.9. The monoisotopic (exact) mass is 542 g/mol. The molecule has 0 amide bonds. The number of hydrogen-bond donors (Lipinski definition) is 2. The van der Waals surface area contributed by atoms with E-state index >= 15 is 4.39 Å². The van der Waals surface area contributed by atoms with Crippen LogP contribution in [0, 0.1) is 0 Å². The van der Waals surface area contributed by atoms with Gasteiger partial charge in [0.05, 0.1) is 42.8 Å². The topological polar surface area (TPSA) is 88.3 Å². The van der Waals surface area contributed by atoms with E-state index in [9.17, 15) is 13.9 Å². The van der Waals surface area contributed by atoms with Crippen molar-refractivity contribution in [2.24, 2.45) is 0 Å². The van der Waals surface area contributed by atoms with Gasteiger partial charge in [0, 0.05) is 35.5 Å². The SMILES string of the molecule is OC1COCC1N1CCC(c2cc3nc(Nc4cnn(C5CC5(F)F)c4Cl)ncc3cc2Cl)C(F)C1. The second-order valence-electron chi connectivity index (χ2n) is 9.60. The summed E-state index contributed by atoms with van der Waals surface area (Å²) < 4.78 is 48.6. The zero-order chi connectivity index (χ0) is 25.2. The average molecular weight is 543 g/mol. The number of alkyl halides is 3. The normalized spacial score (nSPS) is 30.1. The van der Waals surface area contributed by atoms with Crippen molar-refractivity contribution in [2.75, 3.05) is 31.6 Å². The Bertz CT molecular complexity index is 1310. The predicted octanol–water partition coefficient (Wildman–Crippen LogP) is 4.34. The molecule has 2 saturated heterocycles. The minimum absolute atomic E-state index is 0.0440. The van der Waals surface area contributed by atoms with Crippen LogP contribution in [-0.2, 0) is 4.74 Å². The van der Waals surface area contributed by atoms with Crippen LogP contribution in [0.25, 0.3) is 10.9 Å². The molecule has 5 unspecified atom stereocenters. The second kappa shape index (κ2) is 8.98. The standard InChI is InChI=1S/C23H23Cl2F3N6O2/c24-14-3-11-6-29-22(32-17-7-30-34(21(17)25)20-5-23(20,27)28)31-16(11)4-13(14)12-1-2-33(8-15(12)26)18-9-36-10-19(18)35/h3-4,6-7,12,15,18-20,35H,1-2,5,8-10H2,(H,29,31,32). The van der Waals surface area contributed by atoms with E-state index in [0.29, 0.717) is 46.7 Å². The van der Waals surface area contributed by atoms with Crippen molar-refractivity contribution in [3.8, 4) is 0 Å². The molecule has 3 aromatic rings. The lowest BCUT2D eigenvalue weighted by Gasteiger charge is -2.39. The Morgan fingerprint density at radius 1 is 1.19 bits per heavy atom. The number of nitrogens with one attached hydrogen (secondary N) is 1. The minimum Gasteiger partial charge on any atom is -0.389 e. The predicted molar refractivity (Wildman–Crippen MR) is 128 cm³/mol. The van der Waals surface area contributed by atoms with Gasteiger partial charge in [-0.2, -0.15) is 5.10 Å². The van der Waals surface area contributed by atoms with E-state index in [1.165, 1.54) is 6.20 Å². The van der Waals surface area contributed by atoms with Crippen LogP contribution in [-0.4, -0.2) is 80.3 Å². The van der Waals surface area contributed by atoms with Gasteiger partial charge >= 0.3 is 0 Å². The van der Waals surface area contributed by atoms with Crippen LogP contribution >= 0.6 is 23.2 Å². The summed E-state index contributed by atoms with van der Waals surface area (Å²) in [5, 5.41) is 18.1. The molecule has 2 aromatic heterocycles. The first-order valence-corrected chi connectivity index (χ1v) is 12.4. The number of likely N-dealkylation sites (tertiary alicyclic amines) is 1. The molecule has 0 radical (unpaired) electrons. The molecule has 0 spiro atoms. The number of aromatic nitrogens is 4. The fourth-order valence-electron chi connectivity index (χ4n) is 5.11. The Morgan fingerprint density at radius 2 is 2.00 bits per heavy atom. The van der Waals surface area contributed by atoms with Crippen LogP contribution in [0.4, 0.5) is 24.8 Å². The van der Waals surface area contributed by atoms with Gasteiger partial charge in [-0.15, -0.1) is 0 Å². The van der Waals surface area contributed by atoms with Gasteiger partial charge in [0.25, 0.3) is 5.92 Å². The highest BCUT2D eigenvalue weighted by Crippen LogP contribution is 2.53. The molecule has 2 aliphatic heterocycles. The van der Waals surface area contributed by atoms with Crippen LogP contribution in [0.5, 0.6) is 0 Å². The molecule has 6 rings (SSSR count). The fraction of sp³-hybridized carbons (Fsp3) is 0.522. The number of halogens is 5. The summed E-state index contributed by atoms with van der Waals surface area (Å²) in [7, 11) is 0. The van der Waals surface area contributed by atoms with Crippen LogP contribution in [0.3, 0.4) is 0 Å². The van der Waals surface area contributed by atoms with Gasteiger partial charge in [0.15, 0.2) is 5.15 Å². The molecule has 0 bridgehead atoms. The van der Waals surface area contributed by atoms with Crippen molar-refractivity contribution in [1.82, 2.24) is 24.6 Å². The first-order chi connectivity index (χ1) is 17.2. The number of benzene rings is 1. The molecule has 192 valence electrons. The zero-order valence-corrected chi connectivity index (χ0v) is 20.4. The number of rotatable bonds is 5. The summed E-state index contributed by atoms with van der Waals surface area (Å²) in [6, 6.07) is 2.23. The third kappa shape index (κ3) is 4.30. The summed E-state index contributed by atoms with van der Waals surface area (Å²) in [5.74, 6) is -3.03. The molecule has 8 nitrogen and oxygen atoms in total. The quantitative estimate of drug-likeness (QED) is 0.495. The van der Waals surface area contributed by atoms with Crippen LogP contribution in [0.2, 0.25) is 10.2 Å². The second-order valence-corrected chi connectivity index (χ2v) is 10.4. The summed E-state index contributed by atoms with van der Waals surface area (Å²) in [5.41, 5.74) is 1.52. The summed E-state index contributed by atoms with van der Waals surface area (Å²) >= 11 is 12.8. The molecule has 3 fully saturated rings. The maximum atomic E-state index is 15.3. The first-order valence-electron chi connectivity index (χ1n) is 11.7. The summed E-state index contributed by atoms with van der Waals surface area (Å²) in [4.78, 5) is 10.7. The molecule has 1 aromatic carbocycles. The lowest BCUT2D eigenvalue weighted by molar-refractivity contribution is 0.0353. The van der Waals surface area contributed by atoms with Crippen molar-refractivity contribution in [3.63, 3.8) is 0 Å². The van der Waals surface area contributed by atoms with Gasteiger partial charge in [0.1, 0.15) is 12.2 Å². The van der Waals surface area contributed by atoms with Gasteiger partial charge in [-0.1, -0.05) is 23.2 Å². The Kier molecular flexibility index (Phi) is 6.03. The van der Waals surface area contributed by atoms with Gasteiger partial charge in [0.2, 0.25) is 5.95 Å². The third-order valence-corrected chi connectivity index (χ3v) is 7.93. The van der Waals surface area contributed by atoms with E-state index in [2.05, 4.69) is 20.4 Å². The molecule has 1 aliphatic carbocycles. The Morgan fingerprint density at radius 3 is 2.69 bits per heavy atom. The van der Waals surface area contributed by atoms with E-state index in [1.54, 1.807) is 18.3 Å². The first kappa shape index (κ1) is 24.2. The molecule has 5 atom stereocenters. The Balaban J connectivity index is 1.22. The highest BCUT2D eigenvalue weighted by Gasteiger charge is 2.59. The number of aliphatic hydroxyl groups excluding tert-OH is 1. The molecule has 13 heteroatoms. The molecule has 1 saturated carbocycles. The number of piperidine rings is 1. The fourth-order valence-corrected chi connectivity index (χ4v) is 5.67. The van der Waals surface area contributed by atoms with Crippen molar-refractivity contribution < 1.29 is 23.0 Å². The van der Waals surface area contributed by atoms with Crippen molar-refractivity contribution >= 4 is 45.7 Å². The molecular weight excluding hydrogens is 520 g/mol. The molecule has 4 heterocycles. The van der Waals surface area contributed by atoms with E-state index in [0.717, 1.165) is 4.68 Å². The molecular formula is C23H23Cl2F3N6O2. The van der Waals surface area contributed by atoms with Crippen LogP contribution < -0.4 is 5.32 Å². The largest absolute Gasteiger partial charge is 0.389 e. The van der Waals surface area contributed by atoms with Crippen LogP contribution in [0.1, 0.15) is 30.4 Å². The maximum Gasteiger partial charge on any atom is 0.272 e. The molecule has 3 aliphatic rings. The lowest BCUT2D eigenvalue weighted by atomic mass is 9.86. The van der Waals surface area contributed by atoms with E-state index in [4.69, 9.17) is 27.9 Å². The van der Waals surface area contributed by atoms with Crippen molar-refractivity contribution in [1.29, 1.82) is 0 Å². The van der Waals surface area contributed by atoms with E-state index < -0.39 is 30.2 Å². The van der Waals surface area contributed by atoms with E-state index in [1.807, 2.05) is 4.90 Å². The molecule has 36 heavy (non-hydrogen) atoms.